The van der Waals surface area contributed by atoms with Gasteiger partial charge in [-0.05, 0) is 221 Å². The van der Waals surface area contributed by atoms with Crippen molar-refractivity contribution in [2.75, 3.05) is 65.4 Å². The molecule has 0 saturated carbocycles. The number of nitrogens with two attached hydrogens (primary N) is 6. The second-order valence-electron chi connectivity index (χ2n) is 32.4. The largest absolute Gasteiger partial charge is 1.00 e. The summed E-state index contributed by atoms with van der Waals surface area (Å²) in [6.45, 7) is 11.8. The van der Waals surface area contributed by atoms with Gasteiger partial charge < -0.3 is 134 Å². The number of aromatic amines is 5. The number of hydrogen-bond acceptors (Lipinski definition) is 13. The summed E-state index contributed by atoms with van der Waals surface area (Å²) >= 11 is 12.3. The number of aromatic nitrogens is 5. The Morgan fingerprint density at radius 1 is 0.333 bits per heavy atom. The van der Waals surface area contributed by atoms with E-state index in [1.54, 1.807) is 24.3 Å². The maximum absolute atomic E-state index is 13.2. The van der Waals surface area contributed by atoms with Gasteiger partial charge in [-0.15, -0.1) is 23.2 Å². The fourth-order valence-electron chi connectivity index (χ4n) is 14.6. The molecule has 0 saturated heterocycles. The first-order chi connectivity index (χ1) is 62.3. The fraction of sp³-hybridized carbons (Fsp3) is 0.279. The molecule has 15 rings (SSSR count). The molecule has 0 unspecified atom stereocenters. The molecule has 0 fully saturated rings. The standard InChI is InChI=1S/C21H24ClN3O.C21H26N4O.C20H22ClN3O.2C20H23FN4O.2CH4.2ClH.2H3N/c1-14-4-6-15(7-5-14)16-8-9-17-12-20(25-19(17)11-16)21(26)24-13-18(22)3-2-10-23;1-14-4-6-15(7-5-14)16-8-9-17-12-20(25-19(17)11-16)21(26)24-13-18(23)3-2-10-22;1-13-2-4-14(5-3-13)15-6-7-16-11-19(24-18(16)10-15)20(25)23-12-17(21)8-9-22;21-14-8-6-13(7-9-14)16-4-1-5-18-17(16)11-19(25-18)20(26)24-12-15(23)3-2-10-22;21-15-8-6-13(7-9-15)17-5-1-3-14-11-18(25-19(14)17)20(26)24-12-16(23)4-2-10-22;;;;;;/h4-9,11-12,18,25H,2-3,10,13,23H2,1H3,(H,24,26);4-9,11-12,18,25H,2-3,10,13,22-23H2,1H3,(H,24,26);2-7,10-11,17,24H,8-9,12,22H2,1H3,(H,23,25);1,4-9,11,15,25H,2-3,10,12,22-23H2,(H,24,26);1,3,5-9,11,16,25H,2,4,10,12,22-23H2,(H,24,26);2*1H4;2*1H;2*1H3/t2*18-;17-;15-;16-;;;;;;/m11000....../s1. The first kappa shape index (κ1) is 113. The molecule has 15 aromatic rings. The minimum atomic E-state index is -0.279. The Morgan fingerprint density at radius 3 is 1.00 bits per heavy atom. The first-order valence-electron chi connectivity index (χ1n) is 43.9. The number of hydrogen-bond donors (Lipinski definition) is 20. The van der Waals surface area contributed by atoms with Crippen molar-refractivity contribution in [1.29, 1.82) is 0 Å². The van der Waals surface area contributed by atoms with Gasteiger partial charge in [0.25, 0.3) is 29.5 Å². The summed E-state index contributed by atoms with van der Waals surface area (Å²) in [4.78, 5) is 77.8. The summed E-state index contributed by atoms with van der Waals surface area (Å²) in [6.07, 6.45) is 7.52. The van der Waals surface area contributed by atoms with Crippen LogP contribution in [0.4, 0.5) is 8.78 Å². The van der Waals surface area contributed by atoms with Crippen molar-refractivity contribution in [3.63, 3.8) is 0 Å². The third kappa shape index (κ3) is 33.4. The molecule has 25 nitrogen and oxygen atoms in total. The van der Waals surface area contributed by atoms with Gasteiger partial charge in [-0.2, -0.15) is 0 Å². The molecular formula is C104H134Cl4F2N20O5. The van der Waals surface area contributed by atoms with Gasteiger partial charge in [0, 0.05) is 112 Å². The van der Waals surface area contributed by atoms with Crippen LogP contribution in [-0.4, -0.2) is 149 Å². The third-order valence-electron chi connectivity index (χ3n) is 22.0. The van der Waals surface area contributed by atoms with Crippen LogP contribution in [-0.2, 0) is 0 Å². The normalized spacial score (nSPS) is 11.7. The highest BCUT2D eigenvalue weighted by Gasteiger charge is 2.20. The molecule has 0 aliphatic heterocycles. The van der Waals surface area contributed by atoms with Crippen LogP contribution in [0.25, 0.3) is 110 Å². The van der Waals surface area contributed by atoms with Crippen molar-refractivity contribution in [2.45, 2.75) is 122 Å². The quantitative estimate of drug-likeness (QED) is 0.0167. The molecule has 34 N–H and O–H groups in total. The number of H-pyrrole nitrogens is 5. The van der Waals surface area contributed by atoms with Crippen molar-refractivity contribution >= 4 is 107 Å². The zero-order chi connectivity index (χ0) is 91.9. The molecule has 135 heavy (non-hydrogen) atoms. The molecule has 5 aromatic heterocycles. The Kier molecular flexibility index (Phi) is 47.8. The van der Waals surface area contributed by atoms with Gasteiger partial charge in [0.2, 0.25) is 0 Å². The van der Waals surface area contributed by atoms with E-state index in [0.717, 1.165) is 181 Å². The molecule has 5 amide bonds. The Hall–Kier alpha value is -12.1. The molecule has 0 aliphatic rings. The fourth-order valence-corrected chi connectivity index (χ4v) is 15.1. The monoisotopic (exact) mass is 1920 g/mol. The average Bonchev–Trinajstić information content (AvgIpc) is 1.63. The van der Waals surface area contributed by atoms with Crippen LogP contribution in [0.2, 0.25) is 0 Å². The van der Waals surface area contributed by atoms with E-state index in [-0.39, 0.29) is 122 Å². The van der Waals surface area contributed by atoms with Gasteiger partial charge in [-0.25, -0.2) is 8.78 Å². The topological polar surface area (TPSA) is 506 Å². The number of para-hydroxylation sites is 1. The molecule has 31 heteroatoms. The lowest BCUT2D eigenvalue weighted by atomic mass is 10.0. The van der Waals surface area contributed by atoms with Crippen molar-refractivity contribution in [2.24, 2.45) is 34.4 Å². The highest BCUT2D eigenvalue weighted by Crippen LogP contribution is 2.34. The number of carbonyl (C=O) groups is 5. The number of carbonyl (C=O) groups excluding carboxylic acids is 5. The number of aryl methyl sites for hydroxylation is 3. The number of fused-ring (bicyclic) bond motifs is 5. The zero-order valence-electron chi connectivity index (χ0n) is 75.5. The molecule has 0 bridgehead atoms. The molecule has 5 atom stereocenters. The summed E-state index contributed by atoms with van der Waals surface area (Å²) in [5.74, 6) is -1.36. The smallest absolute Gasteiger partial charge is 0.267 e. The number of amides is 5. The zero-order valence-corrected chi connectivity index (χ0v) is 78.5. The predicted octanol–water partition coefficient (Wildman–Crippen LogP) is 10.7. The SMILES string of the molecule is C.C.Cc1ccc(-c2ccc3cc(C(=O)NC[C@@H](Cl)CC[NH3+])[nH]c3c2)cc1.Cc1ccc(-c2ccc3cc(C(=O)NC[C@H](Cl)CCC[NH3+])[nH]c3c2)cc1.Cc1ccc(-c2ccc3cc(C(=O)NC[C@H](N)CCCN)[nH]c3c2)cc1.N.N.NCCC[C@H](N)CNC(=O)c1cc2c(-c3ccc(F)cc3)cccc2[nH]1.NCCC[C@H](N)CNC(=O)c1cc2cccc(-c3ccc(F)cc3)c2[nH]1.[Cl-].[Cl-]. The summed E-state index contributed by atoms with van der Waals surface area (Å²) in [7, 11) is 0. The Morgan fingerprint density at radius 2 is 0.637 bits per heavy atom. The van der Waals surface area contributed by atoms with Crippen LogP contribution in [0.1, 0.15) is 142 Å². The lowest BCUT2D eigenvalue weighted by Crippen LogP contribution is -3.00. The predicted molar refractivity (Wildman–Crippen MR) is 545 cm³/mol. The van der Waals surface area contributed by atoms with E-state index < -0.39 is 0 Å². The molecule has 0 aliphatic carbocycles. The van der Waals surface area contributed by atoms with E-state index in [1.165, 1.54) is 41.0 Å². The van der Waals surface area contributed by atoms with Gasteiger partial charge in [0.05, 0.1) is 29.4 Å². The van der Waals surface area contributed by atoms with Crippen molar-refractivity contribution < 1.29 is 69.0 Å². The highest BCUT2D eigenvalue weighted by molar-refractivity contribution is 6.21. The number of benzene rings is 10. The van der Waals surface area contributed by atoms with Crippen LogP contribution in [0.5, 0.6) is 0 Å². The summed E-state index contributed by atoms with van der Waals surface area (Å²) in [5, 5.41) is 19.1. The Labute approximate surface area is 812 Å². The van der Waals surface area contributed by atoms with E-state index in [9.17, 15) is 32.8 Å². The van der Waals surface area contributed by atoms with E-state index in [0.29, 0.717) is 80.8 Å². The van der Waals surface area contributed by atoms with Crippen molar-refractivity contribution in [1.82, 2.24) is 63.8 Å². The number of nitrogens with one attached hydrogen (secondary N) is 10. The maximum atomic E-state index is 13.2. The number of alkyl halides is 2. The van der Waals surface area contributed by atoms with E-state index in [4.69, 9.17) is 57.6 Å². The van der Waals surface area contributed by atoms with E-state index in [1.807, 2.05) is 84.9 Å². The molecular weight excluding hydrogens is 1790 g/mol. The van der Waals surface area contributed by atoms with E-state index in [2.05, 4.69) is 193 Å². The Balaban J connectivity index is 0.000000295. The van der Waals surface area contributed by atoms with E-state index >= 15 is 0 Å². The molecule has 10 aromatic carbocycles. The molecule has 0 radical (unpaired) electrons. The van der Waals surface area contributed by atoms with Crippen molar-refractivity contribution in [3.8, 4) is 55.6 Å². The van der Waals surface area contributed by atoms with Gasteiger partial charge in [0.1, 0.15) is 40.1 Å². The van der Waals surface area contributed by atoms with Crippen molar-refractivity contribution in [3.05, 3.63) is 299 Å². The van der Waals surface area contributed by atoms with Gasteiger partial charge in [-0.3, -0.25) is 24.0 Å². The third-order valence-corrected chi connectivity index (χ3v) is 22.8. The molecule has 722 valence electrons. The van der Waals surface area contributed by atoms with Gasteiger partial charge >= 0.3 is 0 Å². The average molecular weight is 1920 g/mol. The van der Waals surface area contributed by atoms with Crippen LogP contribution < -0.4 is 110 Å². The molecule has 5 heterocycles. The number of quaternary nitrogens is 2. The summed E-state index contributed by atoms with van der Waals surface area (Å²) in [6, 6.07) is 76.9. The van der Waals surface area contributed by atoms with Crippen LogP contribution in [0.3, 0.4) is 0 Å². The minimum Gasteiger partial charge on any atom is -1.00 e. The second-order valence-corrected chi connectivity index (χ2v) is 33.7. The summed E-state index contributed by atoms with van der Waals surface area (Å²) in [5.41, 5.74) is 63.2. The lowest BCUT2D eigenvalue weighted by Gasteiger charge is -2.11. The van der Waals surface area contributed by atoms with Crippen LogP contribution >= 0.6 is 23.2 Å². The second kappa shape index (κ2) is 56.9. The molecule has 0 spiro atoms. The number of halogens is 6. The minimum absolute atomic E-state index is 0. The number of rotatable bonds is 34. The highest BCUT2D eigenvalue weighted by atomic mass is 35.5. The maximum Gasteiger partial charge on any atom is 0.267 e. The lowest BCUT2D eigenvalue weighted by molar-refractivity contribution is -0.368. The van der Waals surface area contributed by atoms with Gasteiger partial charge in [0.15, 0.2) is 0 Å². The van der Waals surface area contributed by atoms with Crippen LogP contribution in [0, 0.1) is 32.4 Å². The van der Waals surface area contributed by atoms with Crippen LogP contribution in [0.15, 0.2) is 243 Å². The summed E-state index contributed by atoms with van der Waals surface area (Å²) < 4.78 is 26.4. The Bertz CT molecular complexity index is 5870. The van der Waals surface area contributed by atoms with Gasteiger partial charge in [-0.1, -0.05) is 195 Å². The first-order valence-corrected chi connectivity index (χ1v) is 44.7.